The highest BCUT2D eigenvalue weighted by atomic mass is 32.1. The van der Waals surface area contributed by atoms with Crippen molar-refractivity contribution in [1.29, 1.82) is 0 Å². The topological polar surface area (TPSA) is 79.3 Å². The van der Waals surface area contributed by atoms with Crippen molar-refractivity contribution in [2.75, 3.05) is 26.2 Å². The number of nitrogens with zero attached hydrogens (tertiary/aromatic N) is 3. The van der Waals surface area contributed by atoms with Crippen LogP contribution in [0.25, 0.3) is 0 Å². The number of imidazole rings is 1. The van der Waals surface area contributed by atoms with Gasteiger partial charge in [-0.1, -0.05) is 6.07 Å². The van der Waals surface area contributed by atoms with Crippen LogP contribution in [0.4, 0.5) is 0 Å². The van der Waals surface area contributed by atoms with Gasteiger partial charge in [0.25, 0.3) is 5.91 Å². The summed E-state index contributed by atoms with van der Waals surface area (Å²) in [6.07, 6.45) is 3.59. The van der Waals surface area contributed by atoms with E-state index in [2.05, 4.69) is 15.6 Å². The molecule has 1 aliphatic heterocycles. The van der Waals surface area contributed by atoms with Crippen LogP contribution in [0.2, 0.25) is 0 Å². The molecular formula is C15H19N5O2S. The SMILES string of the molecule is Cn1ccnc1C1CNCCN1C(=O)CNC(=O)c1cccs1. The first kappa shape index (κ1) is 15.7. The Kier molecular flexibility index (Phi) is 4.73. The van der Waals surface area contributed by atoms with E-state index in [0.29, 0.717) is 18.0 Å². The summed E-state index contributed by atoms with van der Waals surface area (Å²) in [6, 6.07) is 3.44. The molecule has 8 heteroatoms. The van der Waals surface area contributed by atoms with Crippen LogP contribution in [0, 0.1) is 0 Å². The van der Waals surface area contributed by atoms with E-state index in [9.17, 15) is 9.59 Å². The van der Waals surface area contributed by atoms with Crippen molar-refractivity contribution in [3.05, 3.63) is 40.6 Å². The molecular weight excluding hydrogens is 314 g/mol. The molecule has 0 spiro atoms. The van der Waals surface area contributed by atoms with E-state index in [-0.39, 0.29) is 24.4 Å². The third-order valence-corrected chi connectivity index (χ3v) is 4.73. The zero-order valence-corrected chi connectivity index (χ0v) is 13.7. The third kappa shape index (κ3) is 3.43. The Morgan fingerprint density at radius 1 is 1.52 bits per heavy atom. The van der Waals surface area contributed by atoms with Crippen molar-refractivity contribution in [2.45, 2.75) is 6.04 Å². The van der Waals surface area contributed by atoms with Crippen LogP contribution in [0.15, 0.2) is 29.9 Å². The molecule has 3 heterocycles. The minimum Gasteiger partial charge on any atom is -0.342 e. The fourth-order valence-corrected chi connectivity index (χ4v) is 3.32. The maximum absolute atomic E-state index is 12.5. The van der Waals surface area contributed by atoms with E-state index >= 15 is 0 Å². The second kappa shape index (κ2) is 6.93. The van der Waals surface area contributed by atoms with Crippen molar-refractivity contribution < 1.29 is 9.59 Å². The lowest BCUT2D eigenvalue weighted by Crippen LogP contribution is -2.52. The molecule has 1 fully saturated rings. The number of aromatic nitrogens is 2. The number of carbonyl (C=O) groups excluding carboxylic acids is 2. The molecule has 1 unspecified atom stereocenters. The van der Waals surface area contributed by atoms with Crippen molar-refractivity contribution in [3.8, 4) is 0 Å². The van der Waals surface area contributed by atoms with Crippen LogP contribution >= 0.6 is 11.3 Å². The molecule has 1 atom stereocenters. The minimum absolute atomic E-state index is 0.00233. The summed E-state index contributed by atoms with van der Waals surface area (Å²) in [6.45, 7) is 2.00. The highest BCUT2D eigenvalue weighted by Crippen LogP contribution is 2.20. The predicted octanol–water partition coefficient (Wildman–Crippen LogP) is 0.385. The Bertz CT molecular complexity index is 682. The fraction of sp³-hybridized carbons (Fsp3) is 0.400. The second-order valence-corrected chi connectivity index (χ2v) is 6.31. The van der Waals surface area contributed by atoms with Gasteiger partial charge in [-0.3, -0.25) is 9.59 Å². The van der Waals surface area contributed by atoms with E-state index in [1.807, 2.05) is 29.3 Å². The van der Waals surface area contributed by atoms with E-state index in [1.165, 1.54) is 11.3 Å². The quantitative estimate of drug-likeness (QED) is 0.848. The van der Waals surface area contributed by atoms with E-state index < -0.39 is 0 Å². The van der Waals surface area contributed by atoms with E-state index in [1.54, 1.807) is 17.2 Å². The van der Waals surface area contributed by atoms with Crippen molar-refractivity contribution in [3.63, 3.8) is 0 Å². The monoisotopic (exact) mass is 333 g/mol. The first-order valence-corrected chi connectivity index (χ1v) is 8.34. The molecule has 2 aromatic rings. The zero-order valence-electron chi connectivity index (χ0n) is 12.9. The molecule has 0 saturated carbocycles. The van der Waals surface area contributed by atoms with Gasteiger partial charge < -0.3 is 20.1 Å². The normalized spacial score (nSPS) is 18.0. The van der Waals surface area contributed by atoms with Gasteiger partial charge >= 0.3 is 0 Å². The van der Waals surface area contributed by atoms with Gasteiger partial charge in [0.1, 0.15) is 11.9 Å². The third-order valence-electron chi connectivity index (χ3n) is 3.87. The molecule has 1 aliphatic rings. The van der Waals surface area contributed by atoms with Gasteiger partial charge in [-0.2, -0.15) is 0 Å². The van der Waals surface area contributed by atoms with Crippen LogP contribution in [0.5, 0.6) is 0 Å². The average molecular weight is 333 g/mol. The van der Waals surface area contributed by atoms with Crippen molar-refractivity contribution in [2.24, 2.45) is 7.05 Å². The van der Waals surface area contributed by atoms with Gasteiger partial charge in [-0.25, -0.2) is 4.98 Å². The second-order valence-electron chi connectivity index (χ2n) is 5.36. The van der Waals surface area contributed by atoms with Crippen LogP contribution in [-0.2, 0) is 11.8 Å². The van der Waals surface area contributed by atoms with Crippen LogP contribution < -0.4 is 10.6 Å². The van der Waals surface area contributed by atoms with E-state index in [0.717, 1.165) is 12.4 Å². The number of hydrogen-bond acceptors (Lipinski definition) is 5. The molecule has 2 N–H and O–H groups in total. The van der Waals surface area contributed by atoms with Gasteiger partial charge in [-0.15, -0.1) is 11.3 Å². The number of aryl methyl sites for hydroxylation is 1. The maximum Gasteiger partial charge on any atom is 0.261 e. The summed E-state index contributed by atoms with van der Waals surface area (Å²) in [5, 5.41) is 7.82. The minimum atomic E-state index is -0.211. The van der Waals surface area contributed by atoms with Crippen molar-refractivity contribution >= 4 is 23.2 Å². The van der Waals surface area contributed by atoms with Gasteiger partial charge in [0.2, 0.25) is 5.91 Å². The number of thiophene rings is 1. The van der Waals surface area contributed by atoms with Gasteiger partial charge in [0.15, 0.2) is 0 Å². The Morgan fingerprint density at radius 2 is 2.39 bits per heavy atom. The number of nitrogens with one attached hydrogen (secondary N) is 2. The fourth-order valence-electron chi connectivity index (χ4n) is 2.68. The summed E-state index contributed by atoms with van der Waals surface area (Å²) in [4.78, 5) is 31.2. The smallest absolute Gasteiger partial charge is 0.261 e. The summed E-state index contributed by atoms with van der Waals surface area (Å²) in [5.41, 5.74) is 0. The maximum atomic E-state index is 12.5. The molecule has 0 aromatic carbocycles. The van der Waals surface area contributed by atoms with Crippen LogP contribution in [-0.4, -0.2) is 52.4 Å². The van der Waals surface area contributed by atoms with Gasteiger partial charge in [-0.05, 0) is 11.4 Å². The van der Waals surface area contributed by atoms with Crippen LogP contribution in [0.3, 0.4) is 0 Å². The molecule has 122 valence electrons. The lowest BCUT2D eigenvalue weighted by atomic mass is 10.1. The number of hydrogen-bond donors (Lipinski definition) is 2. The Balaban J connectivity index is 1.65. The van der Waals surface area contributed by atoms with Crippen molar-refractivity contribution in [1.82, 2.24) is 25.1 Å². The Hall–Kier alpha value is -2.19. The standard InChI is InChI=1S/C15H19N5O2S/c1-19-6-5-17-14(19)11-9-16-4-7-20(11)13(21)10-18-15(22)12-3-2-8-23-12/h2-3,5-6,8,11,16H,4,7,9-10H2,1H3,(H,18,22). The predicted molar refractivity (Wildman–Crippen MR) is 87.2 cm³/mol. The molecule has 2 aromatic heterocycles. The zero-order chi connectivity index (χ0) is 16.2. The average Bonchev–Trinajstić information content (AvgIpc) is 3.23. The lowest BCUT2D eigenvalue weighted by Gasteiger charge is -2.35. The summed E-state index contributed by atoms with van der Waals surface area (Å²) in [7, 11) is 1.91. The molecule has 0 bridgehead atoms. The first-order valence-electron chi connectivity index (χ1n) is 7.46. The number of carbonyl (C=O) groups is 2. The Labute approximate surface area is 138 Å². The molecule has 0 aliphatic carbocycles. The summed E-state index contributed by atoms with van der Waals surface area (Å²) < 4.78 is 1.92. The molecule has 23 heavy (non-hydrogen) atoms. The van der Waals surface area contributed by atoms with Gasteiger partial charge in [0.05, 0.1) is 11.4 Å². The van der Waals surface area contributed by atoms with Crippen LogP contribution in [0.1, 0.15) is 21.5 Å². The molecule has 7 nitrogen and oxygen atoms in total. The number of amides is 2. The largest absolute Gasteiger partial charge is 0.342 e. The number of piperazine rings is 1. The Morgan fingerprint density at radius 3 is 3.09 bits per heavy atom. The molecule has 0 radical (unpaired) electrons. The summed E-state index contributed by atoms with van der Waals surface area (Å²) in [5.74, 6) is 0.538. The first-order chi connectivity index (χ1) is 11.2. The molecule has 1 saturated heterocycles. The number of rotatable bonds is 4. The van der Waals surface area contributed by atoms with Gasteiger partial charge in [0, 0.05) is 39.1 Å². The molecule has 2 amide bonds. The molecule has 3 rings (SSSR count). The highest BCUT2D eigenvalue weighted by molar-refractivity contribution is 7.12. The highest BCUT2D eigenvalue weighted by Gasteiger charge is 2.30. The lowest BCUT2D eigenvalue weighted by molar-refractivity contribution is -0.133. The summed E-state index contributed by atoms with van der Waals surface area (Å²) >= 11 is 1.36. The van der Waals surface area contributed by atoms with E-state index in [4.69, 9.17) is 0 Å².